The van der Waals surface area contributed by atoms with Crippen LogP contribution in [0, 0.1) is 17.8 Å². The van der Waals surface area contributed by atoms with Gasteiger partial charge in [-0.25, -0.2) is 4.21 Å². The minimum absolute atomic E-state index is 0.000624. The summed E-state index contributed by atoms with van der Waals surface area (Å²) in [7, 11) is -0.962. The minimum atomic E-state index is -3.93. The number of halogens is 1. The first-order chi connectivity index (χ1) is 29.3. The van der Waals surface area contributed by atoms with Gasteiger partial charge in [0.05, 0.1) is 31.3 Å². The van der Waals surface area contributed by atoms with Gasteiger partial charge in [0.15, 0.2) is 0 Å². The van der Waals surface area contributed by atoms with E-state index in [0.29, 0.717) is 42.6 Å². The Morgan fingerprint density at radius 2 is 1.92 bits per heavy atom. The Bertz CT molecular complexity index is 2470. The number of hydrogen-bond donors (Lipinski definition) is 2. The normalized spacial score (nSPS) is 27.9. The van der Waals surface area contributed by atoms with Crippen molar-refractivity contribution in [2.45, 2.75) is 69.5 Å². The van der Waals surface area contributed by atoms with Crippen LogP contribution in [0.5, 0.6) is 11.6 Å². The highest BCUT2D eigenvalue weighted by atomic mass is 35.5. The molecule has 2 bridgehead atoms. The van der Waals surface area contributed by atoms with E-state index >= 15 is 4.21 Å². The van der Waals surface area contributed by atoms with Gasteiger partial charge in [0.25, 0.3) is 11.8 Å². The van der Waals surface area contributed by atoms with Gasteiger partial charge in [0, 0.05) is 54.7 Å². The van der Waals surface area contributed by atoms with Gasteiger partial charge in [-0.15, -0.1) is 9.46 Å². The number of aliphatic hydroxyl groups excluding tert-OH is 1. The summed E-state index contributed by atoms with van der Waals surface area (Å²) >= 11 is 6.48. The SMILES string of the molecule is COc1nn(C)cc1C(=O)NS1(=O)=NC(=O)c2ccc3c(c2)N(C[C@@H]2CC[C@H]2[C@@H](O)/C=C/[C@H](OC(=O)CCc2ccccc2)[C@H](C)C1)C[C@@]1(CCCc2cc(Cl)ccc21)CO3. The molecule has 2 N–H and O–H groups in total. The predicted octanol–water partition coefficient (Wildman–Crippen LogP) is 6.65. The standard InChI is InChI=1S/C46H52ClN5O8S/c1-29-26-61(57,50-44(56)36-25-51(2)48-45(36)58-3)49-43(55)32-13-18-41-38(23-32)52(27-46(28-59-41)21-7-10-31-22-34(47)14-16-37(31)46)24-33-12-15-35(33)39(53)17-19-40(29)60-42(54)20-11-30-8-5-4-6-9-30/h4-6,8-9,13-14,16-19,22-23,25,29,33,35,39-40,53H,7,10-12,15,20-21,24,26-28H2,1-3H3,(H,49,50,55,56,57)/b19-17+/t29-,33+,35-,39+,40+,46+,61?/m1/s1. The molecular formula is C46H52ClN5O8S. The molecule has 4 aliphatic rings. The fourth-order valence-electron chi connectivity index (χ4n) is 9.33. The summed E-state index contributed by atoms with van der Waals surface area (Å²) < 4.78 is 41.3. The zero-order valence-electron chi connectivity index (χ0n) is 34.6. The van der Waals surface area contributed by atoms with Crippen LogP contribution in [0.4, 0.5) is 5.69 Å². The number of ether oxygens (including phenoxy) is 3. The number of anilines is 1. The van der Waals surface area contributed by atoms with Crippen molar-refractivity contribution in [1.29, 1.82) is 0 Å². The van der Waals surface area contributed by atoms with Crippen molar-refractivity contribution in [2.24, 2.45) is 29.2 Å². The Morgan fingerprint density at radius 1 is 1.10 bits per heavy atom. The maximum atomic E-state index is 15.1. The van der Waals surface area contributed by atoms with Crippen molar-refractivity contribution in [1.82, 2.24) is 14.5 Å². The molecule has 4 aromatic rings. The van der Waals surface area contributed by atoms with Gasteiger partial charge < -0.3 is 24.2 Å². The van der Waals surface area contributed by atoms with Crippen molar-refractivity contribution in [3.63, 3.8) is 0 Å². The average Bonchev–Trinajstić information content (AvgIpc) is 3.55. The molecule has 0 radical (unpaired) electrons. The maximum Gasteiger partial charge on any atom is 0.306 e. The summed E-state index contributed by atoms with van der Waals surface area (Å²) in [5.41, 5.74) is 3.85. The van der Waals surface area contributed by atoms with E-state index in [-0.39, 0.29) is 46.4 Å². The van der Waals surface area contributed by atoms with Crippen molar-refractivity contribution >= 4 is 45.0 Å². The summed E-state index contributed by atoms with van der Waals surface area (Å²) in [4.78, 5) is 43.9. The number of carbonyl (C=O) groups excluding carboxylic acids is 3. The Morgan fingerprint density at radius 3 is 2.69 bits per heavy atom. The molecule has 2 aliphatic heterocycles. The van der Waals surface area contributed by atoms with E-state index in [1.54, 1.807) is 44.3 Å². The molecular weight excluding hydrogens is 818 g/mol. The van der Waals surface area contributed by atoms with Gasteiger partial charge in [0.1, 0.15) is 27.3 Å². The third-order valence-electron chi connectivity index (χ3n) is 12.6. The zero-order valence-corrected chi connectivity index (χ0v) is 36.2. The molecule has 7 atom stereocenters. The maximum absolute atomic E-state index is 15.1. The molecule has 3 aromatic carbocycles. The lowest BCUT2D eigenvalue weighted by Gasteiger charge is -2.45. The minimum Gasteiger partial charge on any atom is -0.490 e. The lowest BCUT2D eigenvalue weighted by Crippen LogP contribution is -2.49. The number of benzene rings is 3. The van der Waals surface area contributed by atoms with Gasteiger partial charge in [-0.3, -0.25) is 23.8 Å². The van der Waals surface area contributed by atoms with Gasteiger partial charge in [-0.05, 0) is 103 Å². The number of methoxy groups -OCH3 is 1. The van der Waals surface area contributed by atoms with E-state index in [9.17, 15) is 19.5 Å². The molecule has 1 unspecified atom stereocenters. The molecule has 13 nitrogen and oxygen atoms in total. The van der Waals surface area contributed by atoms with Gasteiger partial charge in [-0.2, -0.15) is 0 Å². The van der Waals surface area contributed by atoms with Crippen LogP contribution in [0.3, 0.4) is 0 Å². The second-order valence-corrected chi connectivity index (χ2v) is 19.4. The van der Waals surface area contributed by atoms with Crippen LogP contribution in [0.15, 0.2) is 89.4 Å². The number of carbonyl (C=O) groups is 3. The molecule has 1 saturated carbocycles. The first-order valence-electron chi connectivity index (χ1n) is 20.9. The molecule has 1 aromatic heterocycles. The van der Waals surface area contributed by atoms with E-state index in [0.717, 1.165) is 37.7 Å². The number of esters is 1. The molecule has 1 fully saturated rings. The Kier molecular flexibility index (Phi) is 12.3. The number of aromatic nitrogens is 2. The van der Waals surface area contributed by atoms with E-state index in [1.165, 1.54) is 29.1 Å². The molecule has 1 spiro atoms. The Labute approximate surface area is 361 Å². The summed E-state index contributed by atoms with van der Waals surface area (Å²) in [5.74, 6) is -2.59. The number of amides is 2. The topological polar surface area (TPSA) is 162 Å². The van der Waals surface area contributed by atoms with Crippen molar-refractivity contribution in [2.75, 3.05) is 37.5 Å². The van der Waals surface area contributed by atoms with Crippen LogP contribution in [-0.4, -0.2) is 81.6 Å². The molecule has 8 rings (SSSR count). The lowest BCUT2D eigenvalue weighted by atomic mass is 9.68. The highest BCUT2D eigenvalue weighted by molar-refractivity contribution is 7.92. The number of aryl methyl sites for hydroxylation is 3. The average molecular weight is 870 g/mol. The second-order valence-electron chi connectivity index (χ2n) is 16.9. The largest absolute Gasteiger partial charge is 0.490 e. The van der Waals surface area contributed by atoms with Crippen LogP contribution in [0.2, 0.25) is 5.02 Å². The van der Waals surface area contributed by atoms with Gasteiger partial charge >= 0.3 is 5.97 Å². The first-order valence-corrected chi connectivity index (χ1v) is 23.0. The lowest BCUT2D eigenvalue weighted by molar-refractivity contribution is -0.148. The molecule has 322 valence electrons. The molecule has 3 heterocycles. The van der Waals surface area contributed by atoms with Crippen molar-refractivity contribution in [3.05, 3.63) is 118 Å². The van der Waals surface area contributed by atoms with Crippen LogP contribution in [0.1, 0.15) is 76.4 Å². The monoisotopic (exact) mass is 869 g/mol. The smallest absolute Gasteiger partial charge is 0.306 e. The van der Waals surface area contributed by atoms with Gasteiger partial charge in [0.2, 0.25) is 5.88 Å². The number of fused-ring (bicyclic) bond motifs is 4. The van der Waals surface area contributed by atoms with Crippen molar-refractivity contribution in [3.8, 4) is 11.6 Å². The van der Waals surface area contributed by atoms with Crippen molar-refractivity contribution < 1.29 is 37.9 Å². The number of aliphatic hydroxyl groups is 1. The molecule has 2 aliphatic carbocycles. The third kappa shape index (κ3) is 9.22. The summed E-state index contributed by atoms with van der Waals surface area (Å²) in [6, 6.07) is 20.7. The van der Waals surface area contributed by atoms with Gasteiger partial charge in [-0.1, -0.05) is 61.0 Å². The highest BCUT2D eigenvalue weighted by Crippen LogP contribution is 2.47. The zero-order chi connectivity index (χ0) is 42.9. The predicted molar refractivity (Wildman–Crippen MR) is 232 cm³/mol. The van der Waals surface area contributed by atoms with Crippen LogP contribution in [0.25, 0.3) is 0 Å². The Hall–Kier alpha value is -5.18. The summed E-state index contributed by atoms with van der Waals surface area (Å²) in [6.07, 6.45) is 7.87. The number of nitrogens with one attached hydrogen (secondary N) is 1. The first kappa shape index (κ1) is 42.5. The molecule has 15 heteroatoms. The van der Waals surface area contributed by atoms with E-state index in [2.05, 4.69) is 25.1 Å². The number of hydrogen-bond acceptors (Lipinski definition) is 10. The van der Waals surface area contributed by atoms with E-state index < -0.39 is 45.8 Å². The molecule has 0 saturated heterocycles. The second kappa shape index (κ2) is 17.7. The quantitative estimate of drug-likeness (QED) is 0.152. The molecule has 2 amide bonds. The van der Waals surface area contributed by atoms with Crippen LogP contribution in [-0.2, 0) is 44.8 Å². The molecule has 61 heavy (non-hydrogen) atoms. The number of rotatable bonds is 7. The Balaban J connectivity index is 1.18. The summed E-state index contributed by atoms with van der Waals surface area (Å²) in [6.45, 7) is 3.31. The van der Waals surface area contributed by atoms with Crippen LogP contribution >= 0.6 is 11.6 Å². The fraction of sp³-hybridized carbons (Fsp3) is 0.435. The summed E-state index contributed by atoms with van der Waals surface area (Å²) in [5, 5.41) is 16.6. The number of nitrogens with zero attached hydrogens (tertiary/aromatic N) is 4. The van der Waals surface area contributed by atoms with E-state index in [1.807, 2.05) is 42.5 Å². The fourth-order valence-corrected chi connectivity index (χ4v) is 11.4. The van der Waals surface area contributed by atoms with E-state index in [4.69, 9.17) is 25.8 Å². The highest BCUT2D eigenvalue weighted by Gasteiger charge is 2.44. The third-order valence-corrected chi connectivity index (χ3v) is 14.8. The van der Waals surface area contributed by atoms with Crippen LogP contribution < -0.4 is 19.1 Å².